The van der Waals surface area contributed by atoms with E-state index in [9.17, 15) is 0 Å². The van der Waals surface area contributed by atoms with Gasteiger partial charge in [-0.25, -0.2) is 0 Å². The van der Waals surface area contributed by atoms with Crippen molar-refractivity contribution < 1.29 is 0 Å². The van der Waals surface area contributed by atoms with Crippen molar-refractivity contribution in [1.29, 1.82) is 0 Å². The fourth-order valence-electron chi connectivity index (χ4n) is 2.11. The number of hydrogen-bond acceptors (Lipinski definition) is 2. The Morgan fingerprint density at radius 2 is 1.88 bits per heavy atom. The van der Waals surface area contributed by atoms with E-state index < -0.39 is 0 Å². The lowest BCUT2D eigenvalue weighted by Crippen LogP contribution is -2.23. The van der Waals surface area contributed by atoms with E-state index in [0.29, 0.717) is 0 Å². The van der Waals surface area contributed by atoms with Crippen LogP contribution in [0.15, 0.2) is 24.3 Å². The summed E-state index contributed by atoms with van der Waals surface area (Å²) in [5, 5.41) is 3.55. The lowest BCUT2D eigenvalue weighted by atomic mass is 10.2. The molecule has 0 aliphatic heterocycles. The van der Waals surface area contributed by atoms with E-state index in [2.05, 4.69) is 48.3 Å². The molecule has 0 unspecified atom stereocenters. The molecule has 1 aliphatic carbocycles. The van der Waals surface area contributed by atoms with Gasteiger partial charge in [-0.05, 0) is 43.9 Å². The van der Waals surface area contributed by atoms with Crippen LogP contribution in [0.5, 0.6) is 0 Å². The van der Waals surface area contributed by atoms with Crippen molar-refractivity contribution in [3.63, 3.8) is 0 Å². The molecule has 1 saturated carbocycles. The van der Waals surface area contributed by atoms with Crippen LogP contribution in [0.4, 0.5) is 5.69 Å². The van der Waals surface area contributed by atoms with Gasteiger partial charge in [-0.15, -0.1) is 0 Å². The van der Waals surface area contributed by atoms with Gasteiger partial charge < -0.3 is 10.2 Å². The molecule has 94 valence electrons. The highest BCUT2D eigenvalue weighted by Gasteiger charge is 2.19. The average Bonchev–Trinajstić information content (AvgIpc) is 3.18. The second-order valence-electron chi connectivity index (χ2n) is 4.90. The molecule has 1 aromatic carbocycles. The first-order valence-corrected chi connectivity index (χ1v) is 6.90. The van der Waals surface area contributed by atoms with Crippen molar-refractivity contribution >= 4 is 5.69 Å². The molecule has 0 bridgehead atoms. The Kier molecular flexibility index (Phi) is 4.43. The molecule has 0 atom stereocenters. The van der Waals surface area contributed by atoms with Gasteiger partial charge >= 0.3 is 0 Å². The summed E-state index contributed by atoms with van der Waals surface area (Å²) in [6, 6.07) is 9.81. The molecule has 1 aromatic rings. The Balaban J connectivity index is 1.90. The fourth-order valence-corrected chi connectivity index (χ4v) is 2.11. The summed E-state index contributed by atoms with van der Waals surface area (Å²) in [7, 11) is 0. The third-order valence-corrected chi connectivity index (χ3v) is 3.35. The van der Waals surface area contributed by atoms with Crippen LogP contribution >= 0.6 is 0 Å². The fraction of sp³-hybridized carbons (Fsp3) is 0.600. The maximum Gasteiger partial charge on any atom is 0.0366 e. The highest BCUT2D eigenvalue weighted by Crippen LogP contribution is 2.20. The van der Waals surface area contributed by atoms with Crippen LogP contribution in [0, 0.1) is 0 Å². The Bertz CT molecular complexity index is 327. The van der Waals surface area contributed by atoms with Crippen LogP contribution in [0.2, 0.25) is 0 Å². The molecular weight excluding hydrogens is 208 g/mol. The zero-order valence-corrected chi connectivity index (χ0v) is 11.1. The van der Waals surface area contributed by atoms with Crippen LogP contribution in [0.25, 0.3) is 0 Å². The summed E-state index contributed by atoms with van der Waals surface area (Å²) < 4.78 is 0. The van der Waals surface area contributed by atoms with Crippen LogP contribution in [0.3, 0.4) is 0 Å². The molecule has 0 amide bonds. The summed E-state index contributed by atoms with van der Waals surface area (Å²) in [6.07, 6.45) is 3.93. The van der Waals surface area contributed by atoms with E-state index in [1.165, 1.54) is 30.5 Å². The van der Waals surface area contributed by atoms with Gasteiger partial charge in [0, 0.05) is 31.4 Å². The topological polar surface area (TPSA) is 15.3 Å². The molecule has 17 heavy (non-hydrogen) atoms. The minimum atomic E-state index is 0.793. The average molecular weight is 232 g/mol. The predicted octanol–water partition coefficient (Wildman–Crippen LogP) is 3.17. The zero-order valence-electron chi connectivity index (χ0n) is 11.1. The summed E-state index contributed by atoms with van der Waals surface area (Å²) >= 11 is 0. The van der Waals surface area contributed by atoms with Gasteiger partial charge in [0.15, 0.2) is 0 Å². The predicted molar refractivity (Wildman–Crippen MR) is 74.5 cm³/mol. The van der Waals surface area contributed by atoms with Gasteiger partial charge in [-0.1, -0.05) is 19.1 Å². The quantitative estimate of drug-likeness (QED) is 0.777. The standard InChI is InChI=1S/C15H24N2/c1-3-11-17(4-2)15-9-5-13(6-10-15)12-16-14-7-8-14/h5-6,9-10,14,16H,3-4,7-8,11-12H2,1-2H3. The molecule has 2 heteroatoms. The van der Waals surface area contributed by atoms with Crippen molar-refractivity contribution in [3.8, 4) is 0 Å². The first kappa shape index (κ1) is 12.4. The van der Waals surface area contributed by atoms with Crippen LogP contribution in [0.1, 0.15) is 38.7 Å². The van der Waals surface area contributed by atoms with Gasteiger partial charge in [-0.3, -0.25) is 0 Å². The molecule has 0 saturated heterocycles. The Labute approximate surface area is 105 Å². The van der Waals surface area contributed by atoms with Crippen molar-refractivity contribution in [2.24, 2.45) is 0 Å². The van der Waals surface area contributed by atoms with Crippen molar-refractivity contribution in [2.75, 3.05) is 18.0 Å². The van der Waals surface area contributed by atoms with Crippen molar-refractivity contribution in [2.45, 2.75) is 45.7 Å². The molecule has 1 N–H and O–H groups in total. The smallest absolute Gasteiger partial charge is 0.0366 e. The van der Waals surface area contributed by atoms with E-state index in [0.717, 1.165) is 25.7 Å². The Morgan fingerprint density at radius 1 is 1.18 bits per heavy atom. The molecule has 0 radical (unpaired) electrons. The maximum absolute atomic E-state index is 3.55. The number of hydrogen-bond donors (Lipinski definition) is 1. The van der Waals surface area contributed by atoms with Gasteiger partial charge in [0.25, 0.3) is 0 Å². The summed E-state index contributed by atoms with van der Waals surface area (Å²) in [5.41, 5.74) is 2.75. The first-order chi connectivity index (χ1) is 8.33. The number of benzene rings is 1. The largest absolute Gasteiger partial charge is 0.372 e. The van der Waals surface area contributed by atoms with Crippen LogP contribution in [-0.4, -0.2) is 19.1 Å². The van der Waals surface area contributed by atoms with Crippen LogP contribution in [-0.2, 0) is 6.54 Å². The minimum absolute atomic E-state index is 0.793. The number of rotatable bonds is 7. The zero-order chi connectivity index (χ0) is 12.1. The van der Waals surface area contributed by atoms with Gasteiger partial charge in [0.2, 0.25) is 0 Å². The molecule has 0 aromatic heterocycles. The van der Waals surface area contributed by atoms with Crippen molar-refractivity contribution in [1.82, 2.24) is 5.32 Å². The van der Waals surface area contributed by atoms with E-state index in [4.69, 9.17) is 0 Å². The second kappa shape index (κ2) is 6.06. The second-order valence-corrected chi connectivity index (χ2v) is 4.90. The monoisotopic (exact) mass is 232 g/mol. The normalized spacial score (nSPS) is 14.9. The number of anilines is 1. The Morgan fingerprint density at radius 3 is 2.41 bits per heavy atom. The summed E-state index contributed by atoms with van der Waals surface area (Å²) in [5.74, 6) is 0. The molecule has 0 heterocycles. The van der Waals surface area contributed by atoms with E-state index in [1.54, 1.807) is 0 Å². The Hall–Kier alpha value is -1.02. The number of nitrogens with zero attached hydrogens (tertiary/aromatic N) is 1. The molecular formula is C15H24N2. The first-order valence-electron chi connectivity index (χ1n) is 6.90. The SMILES string of the molecule is CCCN(CC)c1ccc(CNC2CC2)cc1. The maximum atomic E-state index is 3.55. The number of nitrogens with one attached hydrogen (secondary N) is 1. The molecule has 2 rings (SSSR count). The summed E-state index contributed by atoms with van der Waals surface area (Å²) in [4.78, 5) is 2.43. The third kappa shape index (κ3) is 3.74. The molecule has 1 aliphatic rings. The van der Waals surface area contributed by atoms with Gasteiger partial charge in [0.1, 0.15) is 0 Å². The lowest BCUT2D eigenvalue weighted by molar-refractivity contribution is 0.687. The lowest BCUT2D eigenvalue weighted by Gasteiger charge is -2.22. The highest BCUT2D eigenvalue weighted by molar-refractivity contribution is 5.47. The van der Waals surface area contributed by atoms with Crippen LogP contribution < -0.4 is 10.2 Å². The van der Waals surface area contributed by atoms with Gasteiger partial charge in [-0.2, -0.15) is 0 Å². The van der Waals surface area contributed by atoms with E-state index >= 15 is 0 Å². The van der Waals surface area contributed by atoms with Gasteiger partial charge in [0.05, 0.1) is 0 Å². The van der Waals surface area contributed by atoms with E-state index in [-0.39, 0.29) is 0 Å². The molecule has 1 fully saturated rings. The summed E-state index contributed by atoms with van der Waals surface area (Å²) in [6.45, 7) is 7.71. The minimum Gasteiger partial charge on any atom is -0.372 e. The third-order valence-electron chi connectivity index (χ3n) is 3.35. The molecule has 2 nitrogen and oxygen atoms in total. The van der Waals surface area contributed by atoms with E-state index in [1.807, 2.05) is 0 Å². The highest BCUT2D eigenvalue weighted by atomic mass is 15.1. The molecule has 0 spiro atoms. The van der Waals surface area contributed by atoms with Crippen molar-refractivity contribution in [3.05, 3.63) is 29.8 Å².